The Morgan fingerprint density at radius 3 is 2.86 bits per heavy atom. The molecule has 0 saturated carbocycles. The lowest BCUT2D eigenvalue weighted by Crippen LogP contribution is -2.42. The van der Waals surface area contributed by atoms with Crippen LogP contribution in [-0.2, 0) is 6.54 Å². The molecular weight excluding hydrogens is 350 g/mol. The van der Waals surface area contributed by atoms with E-state index in [4.69, 9.17) is 4.98 Å². The van der Waals surface area contributed by atoms with E-state index in [1.54, 1.807) is 0 Å². The zero-order valence-electron chi connectivity index (χ0n) is 16.8. The predicted molar refractivity (Wildman–Crippen MR) is 111 cm³/mol. The van der Waals surface area contributed by atoms with Gasteiger partial charge < -0.3 is 9.80 Å². The van der Waals surface area contributed by atoms with Crippen LogP contribution >= 0.6 is 0 Å². The number of para-hydroxylation sites is 1. The van der Waals surface area contributed by atoms with E-state index in [2.05, 4.69) is 30.9 Å². The van der Waals surface area contributed by atoms with E-state index in [9.17, 15) is 4.79 Å². The van der Waals surface area contributed by atoms with E-state index in [-0.39, 0.29) is 11.9 Å². The van der Waals surface area contributed by atoms with Crippen LogP contribution < -0.4 is 0 Å². The minimum absolute atomic E-state index is 0.0885. The van der Waals surface area contributed by atoms with Crippen LogP contribution in [-0.4, -0.2) is 63.2 Å². The fourth-order valence-corrected chi connectivity index (χ4v) is 4.00. The van der Waals surface area contributed by atoms with Gasteiger partial charge in [0.1, 0.15) is 0 Å². The van der Waals surface area contributed by atoms with Gasteiger partial charge >= 0.3 is 0 Å². The zero-order valence-corrected chi connectivity index (χ0v) is 16.8. The molecule has 0 bridgehead atoms. The second-order valence-electron chi connectivity index (χ2n) is 7.62. The summed E-state index contributed by atoms with van der Waals surface area (Å²) in [5.41, 5.74) is 3.29. The van der Waals surface area contributed by atoms with Crippen molar-refractivity contribution in [3.8, 4) is 11.3 Å². The first kappa shape index (κ1) is 18.6. The van der Waals surface area contributed by atoms with E-state index in [0.717, 1.165) is 60.3 Å². The molecule has 1 fully saturated rings. The fraction of sp³-hybridized carbons (Fsp3) is 0.409. The molecule has 3 heterocycles. The number of benzene rings is 1. The highest BCUT2D eigenvalue weighted by Gasteiger charge is 2.26. The SMILES string of the molecule is CCn1cc(-c2cc(C(=O)N3CCCN(C)C[C@@H]3C)c3ccccc3n2)cn1. The Morgan fingerprint density at radius 1 is 1.25 bits per heavy atom. The minimum Gasteiger partial charge on any atom is -0.335 e. The number of likely N-dealkylation sites (N-methyl/N-ethyl adjacent to an activating group) is 1. The highest BCUT2D eigenvalue weighted by Crippen LogP contribution is 2.26. The molecule has 1 saturated heterocycles. The molecule has 2 aromatic heterocycles. The van der Waals surface area contributed by atoms with Crippen LogP contribution in [0.2, 0.25) is 0 Å². The average molecular weight is 377 g/mol. The highest BCUT2D eigenvalue weighted by atomic mass is 16.2. The summed E-state index contributed by atoms with van der Waals surface area (Å²) in [5.74, 6) is 0.0885. The van der Waals surface area contributed by atoms with Crippen LogP contribution in [0.15, 0.2) is 42.7 Å². The van der Waals surface area contributed by atoms with Gasteiger partial charge in [0.15, 0.2) is 0 Å². The van der Waals surface area contributed by atoms with Gasteiger partial charge in [-0.25, -0.2) is 4.98 Å². The van der Waals surface area contributed by atoms with Crippen LogP contribution in [0.5, 0.6) is 0 Å². The molecule has 28 heavy (non-hydrogen) atoms. The minimum atomic E-state index is 0.0885. The summed E-state index contributed by atoms with van der Waals surface area (Å²) in [6.45, 7) is 7.69. The number of fused-ring (bicyclic) bond motifs is 1. The second kappa shape index (κ2) is 7.72. The van der Waals surface area contributed by atoms with Gasteiger partial charge in [-0.3, -0.25) is 9.48 Å². The van der Waals surface area contributed by atoms with E-state index in [0.29, 0.717) is 0 Å². The zero-order chi connectivity index (χ0) is 19.7. The maximum absolute atomic E-state index is 13.6. The molecule has 1 atom stereocenters. The monoisotopic (exact) mass is 377 g/mol. The Labute approximate surface area is 165 Å². The maximum Gasteiger partial charge on any atom is 0.254 e. The summed E-state index contributed by atoms with van der Waals surface area (Å²) in [6.07, 6.45) is 4.79. The molecule has 0 unspecified atom stereocenters. The first-order valence-corrected chi connectivity index (χ1v) is 9.99. The third-order valence-electron chi connectivity index (χ3n) is 5.51. The van der Waals surface area contributed by atoms with E-state index >= 15 is 0 Å². The van der Waals surface area contributed by atoms with Crippen LogP contribution in [0, 0.1) is 0 Å². The topological polar surface area (TPSA) is 54.3 Å². The Hall–Kier alpha value is -2.73. The van der Waals surface area contributed by atoms with Crippen molar-refractivity contribution in [2.24, 2.45) is 0 Å². The van der Waals surface area contributed by atoms with Gasteiger partial charge in [-0.05, 0) is 46.0 Å². The summed E-state index contributed by atoms with van der Waals surface area (Å²) < 4.78 is 1.88. The molecule has 0 N–H and O–H groups in total. The molecular formula is C22H27N5O. The number of nitrogens with zero attached hydrogens (tertiary/aromatic N) is 5. The normalized spacial score (nSPS) is 18.4. The molecule has 1 aliphatic rings. The number of aromatic nitrogens is 3. The first-order chi connectivity index (χ1) is 13.6. The Morgan fingerprint density at radius 2 is 2.07 bits per heavy atom. The predicted octanol–water partition coefficient (Wildman–Crippen LogP) is 3.28. The molecule has 146 valence electrons. The lowest BCUT2D eigenvalue weighted by Gasteiger charge is -2.28. The number of carbonyl (C=O) groups excluding carboxylic acids is 1. The lowest BCUT2D eigenvalue weighted by atomic mass is 10.0. The van der Waals surface area contributed by atoms with Crippen LogP contribution in [0.25, 0.3) is 22.2 Å². The van der Waals surface area contributed by atoms with Gasteiger partial charge in [-0.1, -0.05) is 18.2 Å². The van der Waals surface area contributed by atoms with E-state index < -0.39 is 0 Å². The van der Waals surface area contributed by atoms with Gasteiger partial charge in [0, 0.05) is 42.8 Å². The fourth-order valence-electron chi connectivity index (χ4n) is 4.00. The number of rotatable bonds is 3. The third kappa shape index (κ3) is 3.52. The molecule has 0 aliphatic carbocycles. The van der Waals surface area contributed by atoms with Gasteiger partial charge in [-0.2, -0.15) is 5.10 Å². The highest BCUT2D eigenvalue weighted by molar-refractivity contribution is 6.07. The number of carbonyl (C=O) groups is 1. The van der Waals surface area contributed by atoms with E-state index in [1.807, 2.05) is 52.3 Å². The van der Waals surface area contributed by atoms with Crippen LogP contribution in [0.1, 0.15) is 30.6 Å². The van der Waals surface area contributed by atoms with Crippen molar-refractivity contribution in [3.63, 3.8) is 0 Å². The quantitative estimate of drug-likeness (QED) is 0.703. The van der Waals surface area contributed by atoms with Crippen molar-refractivity contribution in [3.05, 3.63) is 48.3 Å². The smallest absolute Gasteiger partial charge is 0.254 e. The number of amides is 1. The standard InChI is InChI=1S/C22H27N5O/c1-4-26-15-17(13-23-26)21-12-19(18-8-5-6-9-20(18)24-21)22(28)27-11-7-10-25(3)14-16(27)2/h5-6,8-9,12-13,15-16H,4,7,10-11,14H2,1-3H3/t16-/m0/s1. The number of hydrogen-bond acceptors (Lipinski definition) is 4. The van der Waals surface area contributed by atoms with Crippen molar-refractivity contribution < 1.29 is 4.79 Å². The second-order valence-corrected chi connectivity index (χ2v) is 7.62. The van der Waals surface area contributed by atoms with Crippen LogP contribution in [0.3, 0.4) is 0 Å². The maximum atomic E-state index is 13.6. The molecule has 1 aromatic carbocycles. The number of hydrogen-bond donors (Lipinski definition) is 0. The number of pyridine rings is 1. The average Bonchev–Trinajstić information content (AvgIpc) is 3.12. The van der Waals surface area contributed by atoms with Crippen LogP contribution in [0.4, 0.5) is 0 Å². The lowest BCUT2D eigenvalue weighted by molar-refractivity contribution is 0.0698. The van der Waals surface area contributed by atoms with Crippen molar-refractivity contribution in [2.75, 3.05) is 26.7 Å². The summed E-state index contributed by atoms with van der Waals surface area (Å²) in [7, 11) is 2.12. The van der Waals surface area contributed by atoms with Gasteiger partial charge in [0.2, 0.25) is 0 Å². The van der Waals surface area contributed by atoms with Gasteiger partial charge in [-0.15, -0.1) is 0 Å². The summed E-state index contributed by atoms with van der Waals surface area (Å²) in [6, 6.07) is 10.0. The first-order valence-electron chi connectivity index (χ1n) is 9.99. The molecule has 6 nitrogen and oxygen atoms in total. The molecule has 0 radical (unpaired) electrons. The van der Waals surface area contributed by atoms with Crippen molar-refractivity contribution in [1.82, 2.24) is 24.6 Å². The van der Waals surface area contributed by atoms with Crippen molar-refractivity contribution in [2.45, 2.75) is 32.9 Å². The Balaban J connectivity index is 1.79. The molecule has 4 rings (SSSR count). The summed E-state index contributed by atoms with van der Waals surface area (Å²) in [4.78, 5) is 22.7. The molecule has 1 aliphatic heterocycles. The number of aryl methyl sites for hydroxylation is 1. The van der Waals surface area contributed by atoms with Gasteiger partial charge in [0.25, 0.3) is 5.91 Å². The molecule has 0 spiro atoms. The molecule has 6 heteroatoms. The Bertz CT molecular complexity index is 996. The van der Waals surface area contributed by atoms with Gasteiger partial charge in [0.05, 0.1) is 23.0 Å². The molecule has 3 aromatic rings. The Kier molecular flexibility index (Phi) is 5.13. The largest absolute Gasteiger partial charge is 0.335 e. The van der Waals surface area contributed by atoms with Crippen molar-refractivity contribution in [1.29, 1.82) is 0 Å². The summed E-state index contributed by atoms with van der Waals surface area (Å²) >= 11 is 0. The summed E-state index contributed by atoms with van der Waals surface area (Å²) in [5, 5.41) is 5.27. The van der Waals surface area contributed by atoms with Crippen molar-refractivity contribution >= 4 is 16.8 Å². The van der Waals surface area contributed by atoms with E-state index in [1.165, 1.54) is 0 Å². The molecule has 1 amide bonds. The third-order valence-corrected chi connectivity index (χ3v) is 5.51.